The van der Waals surface area contributed by atoms with E-state index in [0.29, 0.717) is 38.5 Å². The molecule has 0 radical (unpaired) electrons. The van der Waals surface area contributed by atoms with Crippen LogP contribution in [0.3, 0.4) is 0 Å². The SMILES string of the molecule is CC(C)COCCNC(=O)C1(C#N)CCC1. The molecule has 0 aromatic rings. The van der Waals surface area contributed by atoms with E-state index in [0.717, 1.165) is 6.42 Å². The number of nitrogens with zero attached hydrogens (tertiary/aromatic N) is 1. The Hall–Kier alpha value is -1.08. The van der Waals surface area contributed by atoms with Gasteiger partial charge in [0.1, 0.15) is 5.41 Å². The van der Waals surface area contributed by atoms with Gasteiger partial charge in [0, 0.05) is 13.2 Å². The number of hydrogen-bond donors (Lipinski definition) is 1. The van der Waals surface area contributed by atoms with Crippen molar-refractivity contribution in [2.45, 2.75) is 33.1 Å². The van der Waals surface area contributed by atoms with Crippen molar-refractivity contribution in [2.24, 2.45) is 11.3 Å². The molecular formula is C12H20N2O2. The van der Waals surface area contributed by atoms with Gasteiger partial charge in [0.25, 0.3) is 0 Å². The van der Waals surface area contributed by atoms with Crippen molar-refractivity contribution in [3.05, 3.63) is 0 Å². The van der Waals surface area contributed by atoms with Gasteiger partial charge in [-0.25, -0.2) is 0 Å². The molecule has 4 heteroatoms. The van der Waals surface area contributed by atoms with Gasteiger partial charge >= 0.3 is 0 Å². The number of amides is 1. The highest BCUT2D eigenvalue weighted by Gasteiger charge is 2.44. The minimum Gasteiger partial charge on any atom is -0.379 e. The fraction of sp³-hybridized carbons (Fsp3) is 0.833. The number of rotatable bonds is 6. The third-order valence-corrected chi connectivity index (χ3v) is 2.84. The fourth-order valence-corrected chi connectivity index (χ4v) is 1.64. The van der Waals surface area contributed by atoms with Crippen molar-refractivity contribution in [3.8, 4) is 6.07 Å². The summed E-state index contributed by atoms with van der Waals surface area (Å²) >= 11 is 0. The Morgan fingerprint density at radius 1 is 1.56 bits per heavy atom. The molecule has 0 atom stereocenters. The van der Waals surface area contributed by atoms with Gasteiger partial charge in [0.2, 0.25) is 5.91 Å². The lowest BCUT2D eigenvalue weighted by molar-refractivity contribution is -0.132. The van der Waals surface area contributed by atoms with Crippen LogP contribution in [0.1, 0.15) is 33.1 Å². The molecule has 16 heavy (non-hydrogen) atoms. The van der Waals surface area contributed by atoms with E-state index >= 15 is 0 Å². The lowest BCUT2D eigenvalue weighted by Crippen LogP contribution is -2.45. The Morgan fingerprint density at radius 2 is 2.25 bits per heavy atom. The summed E-state index contributed by atoms with van der Waals surface area (Å²) in [6.07, 6.45) is 2.37. The van der Waals surface area contributed by atoms with E-state index in [1.165, 1.54) is 0 Å². The summed E-state index contributed by atoms with van der Waals surface area (Å²) in [5.41, 5.74) is -0.738. The highest BCUT2D eigenvalue weighted by atomic mass is 16.5. The molecule has 90 valence electrons. The zero-order chi connectivity index (χ0) is 12.0. The first-order valence-corrected chi connectivity index (χ1v) is 5.88. The van der Waals surface area contributed by atoms with Crippen LogP contribution >= 0.6 is 0 Å². The van der Waals surface area contributed by atoms with Crippen LogP contribution < -0.4 is 5.32 Å². The molecular weight excluding hydrogens is 204 g/mol. The summed E-state index contributed by atoms with van der Waals surface area (Å²) in [7, 11) is 0. The molecule has 0 unspecified atom stereocenters. The molecule has 0 bridgehead atoms. The number of nitrogens with one attached hydrogen (secondary N) is 1. The first kappa shape index (κ1) is 13.0. The Labute approximate surface area is 97.0 Å². The van der Waals surface area contributed by atoms with Crippen LogP contribution in [0.15, 0.2) is 0 Å². The number of ether oxygens (including phenoxy) is 1. The van der Waals surface area contributed by atoms with Crippen LogP contribution in [-0.4, -0.2) is 25.7 Å². The normalized spacial score (nSPS) is 17.6. The number of carbonyl (C=O) groups is 1. The van der Waals surface area contributed by atoms with Crippen molar-refractivity contribution in [2.75, 3.05) is 19.8 Å². The molecule has 0 aromatic heterocycles. The summed E-state index contributed by atoms with van der Waals surface area (Å²) < 4.78 is 5.35. The monoisotopic (exact) mass is 224 g/mol. The molecule has 0 heterocycles. The molecule has 1 aliphatic carbocycles. The lowest BCUT2D eigenvalue weighted by Gasteiger charge is -2.33. The highest BCUT2D eigenvalue weighted by Crippen LogP contribution is 2.40. The number of hydrogen-bond acceptors (Lipinski definition) is 3. The zero-order valence-corrected chi connectivity index (χ0v) is 10.1. The quantitative estimate of drug-likeness (QED) is 0.695. The summed E-state index contributed by atoms with van der Waals surface area (Å²) in [5, 5.41) is 11.7. The molecule has 1 saturated carbocycles. The first-order valence-electron chi connectivity index (χ1n) is 5.88. The van der Waals surface area contributed by atoms with E-state index in [9.17, 15) is 4.79 Å². The van der Waals surface area contributed by atoms with Gasteiger partial charge in [-0.3, -0.25) is 4.79 Å². The summed E-state index contributed by atoms with van der Waals surface area (Å²) in [4.78, 5) is 11.7. The Kier molecular flexibility index (Phi) is 4.75. The fourth-order valence-electron chi connectivity index (χ4n) is 1.64. The van der Waals surface area contributed by atoms with Crippen molar-refractivity contribution in [1.82, 2.24) is 5.32 Å². The van der Waals surface area contributed by atoms with E-state index in [1.807, 2.05) is 0 Å². The van der Waals surface area contributed by atoms with Crippen LogP contribution in [0.2, 0.25) is 0 Å². The Bertz CT molecular complexity index is 277. The predicted octanol–water partition coefficient (Wildman–Crippen LogP) is 1.47. The van der Waals surface area contributed by atoms with Crippen molar-refractivity contribution >= 4 is 5.91 Å². The standard InChI is InChI=1S/C12H20N2O2/c1-10(2)8-16-7-6-14-11(15)12(9-13)4-3-5-12/h10H,3-8H2,1-2H3,(H,14,15). The minimum atomic E-state index is -0.738. The van der Waals surface area contributed by atoms with E-state index in [-0.39, 0.29) is 5.91 Å². The lowest BCUT2D eigenvalue weighted by atomic mass is 9.69. The van der Waals surface area contributed by atoms with Gasteiger partial charge in [-0.1, -0.05) is 13.8 Å². The van der Waals surface area contributed by atoms with Gasteiger partial charge < -0.3 is 10.1 Å². The first-order chi connectivity index (χ1) is 7.60. The molecule has 1 rings (SSSR count). The summed E-state index contributed by atoms with van der Waals surface area (Å²) in [6.45, 7) is 5.88. The van der Waals surface area contributed by atoms with E-state index in [2.05, 4.69) is 25.2 Å². The van der Waals surface area contributed by atoms with Crippen LogP contribution in [-0.2, 0) is 9.53 Å². The van der Waals surface area contributed by atoms with Gasteiger partial charge in [0.05, 0.1) is 12.7 Å². The van der Waals surface area contributed by atoms with Crippen molar-refractivity contribution in [3.63, 3.8) is 0 Å². The molecule has 1 fully saturated rings. The smallest absolute Gasteiger partial charge is 0.240 e. The maximum absolute atomic E-state index is 11.7. The molecule has 0 saturated heterocycles. The van der Waals surface area contributed by atoms with Gasteiger partial charge in [0.15, 0.2) is 0 Å². The second kappa shape index (κ2) is 5.86. The minimum absolute atomic E-state index is 0.130. The molecule has 0 spiro atoms. The largest absolute Gasteiger partial charge is 0.379 e. The molecule has 1 aliphatic rings. The van der Waals surface area contributed by atoms with Crippen LogP contribution in [0.25, 0.3) is 0 Å². The second-order valence-electron chi connectivity index (χ2n) is 4.77. The van der Waals surface area contributed by atoms with Gasteiger partial charge in [-0.05, 0) is 25.2 Å². The van der Waals surface area contributed by atoms with E-state index in [4.69, 9.17) is 10.00 Å². The third kappa shape index (κ3) is 3.21. The van der Waals surface area contributed by atoms with Crippen molar-refractivity contribution < 1.29 is 9.53 Å². The maximum atomic E-state index is 11.7. The topological polar surface area (TPSA) is 62.1 Å². The summed E-state index contributed by atoms with van der Waals surface area (Å²) in [5.74, 6) is 0.377. The third-order valence-electron chi connectivity index (χ3n) is 2.84. The molecule has 0 aliphatic heterocycles. The van der Waals surface area contributed by atoms with Crippen LogP contribution in [0.5, 0.6) is 0 Å². The van der Waals surface area contributed by atoms with Gasteiger partial charge in [-0.2, -0.15) is 5.26 Å². The van der Waals surface area contributed by atoms with Crippen LogP contribution in [0.4, 0.5) is 0 Å². The van der Waals surface area contributed by atoms with E-state index < -0.39 is 5.41 Å². The molecule has 0 aromatic carbocycles. The summed E-state index contributed by atoms with van der Waals surface area (Å²) in [6, 6.07) is 2.12. The average molecular weight is 224 g/mol. The Balaban J connectivity index is 2.14. The second-order valence-corrected chi connectivity index (χ2v) is 4.77. The molecule has 1 N–H and O–H groups in total. The van der Waals surface area contributed by atoms with E-state index in [1.54, 1.807) is 0 Å². The van der Waals surface area contributed by atoms with Gasteiger partial charge in [-0.15, -0.1) is 0 Å². The maximum Gasteiger partial charge on any atom is 0.240 e. The molecule has 1 amide bonds. The highest BCUT2D eigenvalue weighted by molar-refractivity contribution is 5.86. The molecule has 4 nitrogen and oxygen atoms in total. The van der Waals surface area contributed by atoms with Crippen molar-refractivity contribution in [1.29, 1.82) is 5.26 Å². The number of nitriles is 1. The average Bonchev–Trinajstić information content (AvgIpc) is 2.16. The zero-order valence-electron chi connectivity index (χ0n) is 10.1. The van der Waals surface area contributed by atoms with Crippen LogP contribution in [0, 0.1) is 22.7 Å². The Morgan fingerprint density at radius 3 is 2.69 bits per heavy atom. The predicted molar refractivity (Wildman–Crippen MR) is 60.6 cm³/mol. The number of carbonyl (C=O) groups excluding carboxylic acids is 1.